The van der Waals surface area contributed by atoms with Gasteiger partial charge in [-0.1, -0.05) is 0 Å². The molecule has 0 rings (SSSR count). The molecule has 0 spiro atoms. The molecule has 0 aromatic rings. The van der Waals surface area contributed by atoms with Crippen LogP contribution < -0.4 is 0 Å². The Balaban J connectivity index is -0.0000000412. The molecule has 0 aliphatic heterocycles. The Hall–Kier alpha value is 2.56. The largest absolute Gasteiger partial charge is 0.107 e. The van der Waals surface area contributed by atoms with Crippen molar-refractivity contribution in [2.75, 3.05) is 6.66 Å². The first-order chi connectivity index (χ1) is 7.20. The van der Waals surface area contributed by atoms with Crippen molar-refractivity contribution < 1.29 is 14.4 Å². The maximum atomic E-state index is 9.33. The van der Waals surface area contributed by atoms with E-state index in [9.17, 15) is 4.57 Å². The Kier molecular flexibility index (Phi) is 39.4. The van der Waals surface area contributed by atoms with E-state index in [-0.39, 0.29) is 67.9 Å². The van der Waals surface area contributed by atoms with Gasteiger partial charge in [-0.2, -0.15) is 0 Å². The monoisotopic (exact) mass is 584 g/mol. The maximum absolute atomic E-state index is 9.33. The second-order valence-electron chi connectivity index (χ2n) is 4.86. The van der Waals surface area contributed by atoms with E-state index in [1.807, 2.05) is 0 Å². The van der Waals surface area contributed by atoms with E-state index < -0.39 is 7.60 Å². The van der Waals surface area contributed by atoms with Crippen molar-refractivity contribution in [1.82, 2.24) is 0 Å². The third kappa shape index (κ3) is 876. The number of hydrogen-bond acceptors (Lipinski definition) is 1. The van der Waals surface area contributed by atoms with Crippen LogP contribution in [0.25, 0.3) is 0 Å². The van der Waals surface area contributed by atoms with E-state index in [0.29, 0.717) is 0 Å². The van der Waals surface area contributed by atoms with Crippen LogP contribution in [0.5, 0.6) is 0 Å². The van der Waals surface area contributed by atoms with Gasteiger partial charge in [-0.3, -0.25) is 4.57 Å². The van der Waals surface area contributed by atoms with E-state index in [0.717, 1.165) is 6.66 Å². The predicted molar refractivity (Wildman–Crippen MR) is 103 cm³/mol. The third-order valence-electron chi connectivity index (χ3n) is 0. The van der Waals surface area contributed by atoms with Crippen LogP contribution in [0.3, 0.4) is 0 Å². The van der Waals surface area contributed by atoms with Crippen molar-refractivity contribution in [2.24, 2.45) is 0 Å². The van der Waals surface area contributed by atoms with Crippen LogP contribution in [-0.2, 0) is 4.57 Å². The zero-order valence-corrected chi connectivity index (χ0v) is 22.4. The topological polar surface area (TPSA) is 57.5 Å². The van der Waals surface area contributed by atoms with Gasteiger partial charge in [-0.25, -0.2) is 0 Å². The first-order valence-corrected chi connectivity index (χ1v) is 24.0. The van der Waals surface area contributed by atoms with Crippen molar-refractivity contribution in [3.63, 3.8) is 0 Å². The molecule has 0 heterocycles. The van der Waals surface area contributed by atoms with Gasteiger partial charge in [0.25, 0.3) is 0 Å². The molecule has 0 amide bonds. The molecule has 0 fully saturated rings. The number of halogens is 1. The molecular weight excluding hydrogens is 551 g/mol. The van der Waals surface area contributed by atoms with Crippen LogP contribution in [0.1, 0.15) is 0 Å². The summed E-state index contributed by atoms with van der Waals surface area (Å²) in [5.74, 6) is 0. The average molecular weight is 584 g/mol. The third-order valence-corrected chi connectivity index (χ3v) is 0. The summed E-state index contributed by atoms with van der Waals surface area (Å²) in [6.07, 6.45) is 0. The summed E-state index contributed by atoms with van der Waals surface area (Å²) in [5, 5.41) is 0. The van der Waals surface area contributed by atoms with Crippen LogP contribution in [0.2, 0.25) is 51.4 Å². The van der Waals surface area contributed by atoms with Gasteiger partial charge in [0, 0.05) is 6.66 Å². The molecule has 0 aromatic heterocycles. The fourth-order valence-corrected chi connectivity index (χ4v) is 0. The normalized spacial score (nSPS) is 9.28. The van der Waals surface area contributed by atoms with Crippen LogP contribution in [0.15, 0.2) is 0 Å². The molecule has 0 aliphatic carbocycles. The number of rotatable bonds is 0. The van der Waals surface area contributed by atoms with Crippen LogP contribution in [0.4, 0.5) is 0 Å². The number of hydrogen-bond donors (Lipinski definition) is 2. The van der Waals surface area contributed by atoms with Crippen molar-refractivity contribution in [3.05, 3.63) is 0 Å². The maximum Gasteiger partial charge on any atom is -0.107 e. The van der Waals surface area contributed by atoms with Crippen molar-refractivity contribution in [3.8, 4) is 0 Å². The van der Waals surface area contributed by atoms with Crippen LogP contribution in [0, 0.1) is 0 Å². The average Bonchev–Trinajstić information content (AvgIpc) is 1.73. The molecular formula is C10H33As3IO3P. The summed E-state index contributed by atoms with van der Waals surface area (Å²) in [5.41, 5.74) is 20.8. The Morgan fingerprint density at radius 1 is 0.667 bits per heavy atom. The first kappa shape index (κ1) is 32.5. The summed E-state index contributed by atoms with van der Waals surface area (Å²) < 4.78 is 9.33. The van der Waals surface area contributed by atoms with E-state index in [2.05, 4.69) is 51.4 Å². The molecule has 0 bridgehead atoms. The fourth-order valence-electron chi connectivity index (χ4n) is 0. The van der Waals surface area contributed by atoms with Gasteiger partial charge in [0.15, 0.2) is 0 Å². The second-order valence-corrected chi connectivity index (χ2v) is 23.4. The quantitative estimate of drug-likeness (QED) is 0.250. The van der Waals surface area contributed by atoms with Crippen LogP contribution in [-0.4, -0.2) is 60.4 Å². The zero-order chi connectivity index (χ0) is 15.2. The summed E-state index contributed by atoms with van der Waals surface area (Å²) in [4.78, 5) is 15.3. The van der Waals surface area contributed by atoms with Gasteiger partial charge in [0.1, 0.15) is 0 Å². The summed E-state index contributed by atoms with van der Waals surface area (Å²) in [7, 11) is -3.64. The van der Waals surface area contributed by atoms with E-state index in [1.165, 1.54) is 0 Å². The van der Waals surface area contributed by atoms with Crippen molar-refractivity contribution >= 4 is 75.5 Å². The smallest absolute Gasteiger partial charge is 0.107 e. The van der Waals surface area contributed by atoms with E-state index >= 15 is 0 Å². The minimum atomic E-state index is -3.64. The molecule has 0 aliphatic rings. The Bertz CT molecular complexity index is 145. The Morgan fingerprint density at radius 2 is 0.667 bits per heavy atom. The van der Waals surface area contributed by atoms with Crippen LogP contribution >= 0.6 is 31.6 Å². The molecule has 3 nitrogen and oxygen atoms in total. The van der Waals surface area contributed by atoms with Crippen molar-refractivity contribution in [2.45, 2.75) is 51.4 Å². The molecule has 118 valence electrons. The SMILES string of the molecule is CP(=O)(O)O.C[As](C)C.C[As](C)C.C[As](C)C.I. The molecule has 8 heteroatoms. The molecule has 2 N–H and O–H groups in total. The van der Waals surface area contributed by atoms with Gasteiger partial charge in [0.05, 0.1) is 0 Å². The molecule has 18 heavy (non-hydrogen) atoms. The minimum absolute atomic E-state index is 0. The predicted octanol–water partition coefficient (Wildman–Crippen LogP) is 4.52. The molecule has 0 atom stereocenters. The van der Waals surface area contributed by atoms with E-state index in [4.69, 9.17) is 9.79 Å². The van der Waals surface area contributed by atoms with E-state index in [1.54, 1.807) is 0 Å². The molecule has 0 aromatic carbocycles. The molecule has 0 saturated carbocycles. The summed E-state index contributed by atoms with van der Waals surface area (Å²) in [6, 6.07) is 0. The van der Waals surface area contributed by atoms with Gasteiger partial charge in [-0.15, -0.1) is 24.0 Å². The standard InChI is InChI=1S/3C3H9As.CH5O3P.HI/c3*1-4(2)3;1-5(2,3)4;/h3*1-3H3;1H3,(H2,2,3,4);1H. The Morgan fingerprint density at radius 3 is 0.667 bits per heavy atom. The van der Waals surface area contributed by atoms with Gasteiger partial charge in [0.2, 0.25) is 0 Å². The van der Waals surface area contributed by atoms with Gasteiger partial charge in [-0.05, 0) is 0 Å². The minimum Gasteiger partial charge on any atom is -0.107 e. The Labute approximate surface area is 146 Å². The first-order valence-electron chi connectivity index (χ1n) is 5.05. The summed E-state index contributed by atoms with van der Waals surface area (Å²) in [6.45, 7) is 0.854. The van der Waals surface area contributed by atoms with Gasteiger partial charge < -0.3 is 9.79 Å². The van der Waals surface area contributed by atoms with Gasteiger partial charge >= 0.3 is 103 Å². The zero-order valence-electron chi connectivity index (χ0n) is 13.5. The molecule has 0 saturated heterocycles. The summed E-state index contributed by atoms with van der Waals surface area (Å²) >= 11 is -0.562. The second kappa shape index (κ2) is 21.8. The van der Waals surface area contributed by atoms with Crippen molar-refractivity contribution in [1.29, 1.82) is 0 Å². The fraction of sp³-hybridized carbons (Fsp3) is 1.00. The molecule has 0 radical (unpaired) electrons. The molecule has 0 unspecified atom stereocenters.